The van der Waals surface area contributed by atoms with Crippen LogP contribution >= 0.6 is 0 Å². The van der Waals surface area contributed by atoms with Gasteiger partial charge in [0.1, 0.15) is 11.6 Å². The van der Waals surface area contributed by atoms with Gasteiger partial charge < -0.3 is 4.74 Å². The first kappa shape index (κ1) is 11.4. The van der Waals surface area contributed by atoms with E-state index in [0.717, 1.165) is 0 Å². The molecular formula is C11H13NO3. The van der Waals surface area contributed by atoms with E-state index in [1.54, 1.807) is 25.1 Å². The van der Waals surface area contributed by atoms with Crippen LogP contribution < -0.4 is 0 Å². The summed E-state index contributed by atoms with van der Waals surface area (Å²) >= 11 is 0. The molecule has 1 rings (SSSR count). The normalized spacial score (nSPS) is 11.9. The van der Waals surface area contributed by atoms with Crippen LogP contribution in [0.3, 0.4) is 0 Å². The topological polar surface area (TPSA) is 56.3 Å². The summed E-state index contributed by atoms with van der Waals surface area (Å²) in [6.07, 6.45) is 1.52. The van der Waals surface area contributed by atoms with Crippen molar-refractivity contribution in [2.45, 2.75) is 13.8 Å². The minimum Gasteiger partial charge on any atom is -0.465 e. The summed E-state index contributed by atoms with van der Waals surface area (Å²) in [5.41, 5.74) is 0.290. The predicted molar refractivity (Wildman–Crippen MR) is 54.4 cm³/mol. The Hall–Kier alpha value is -1.71. The summed E-state index contributed by atoms with van der Waals surface area (Å²) in [4.78, 5) is 26.9. The van der Waals surface area contributed by atoms with Crippen molar-refractivity contribution in [3.05, 3.63) is 30.1 Å². The van der Waals surface area contributed by atoms with Crippen LogP contribution in [0.25, 0.3) is 0 Å². The van der Waals surface area contributed by atoms with E-state index in [1.807, 2.05) is 0 Å². The van der Waals surface area contributed by atoms with E-state index in [2.05, 4.69) is 4.98 Å². The number of esters is 1. The van der Waals surface area contributed by atoms with Crippen LogP contribution in [0.15, 0.2) is 24.4 Å². The van der Waals surface area contributed by atoms with Gasteiger partial charge in [0.25, 0.3) is 0 Å². The zero-order valence-electron chi connectivity index (χ0n) is 8.77. The minimum absolute atomic E-state index is 0.276. The average Bonchev–Trinajstić information content (AvgIpc) is 2.28. The molecule has 1 unspecified atom stereocenters. The highest BCUT2D eigenvalue weighted by atomic mass is 16.5. The van der Waals surface area contributed by atoms with E-state index in [0.29, 0.717) is 0 Å². The fraction of sp³-hybridized carbons (Fsp3) is 0.364. The predicted octanol–water partition coefficient (Wildman–Crippen LogP) is 1.46. The summed E-state index contributed by atoms with van der Waals surface area (Å²) in [5.74, 6) is -1.61. The Balaban J connectivity index is 2.73. The summed E-state index contributed by atoms with van der Waals surface area (Å²) in [7, 11) is 0. The Morgan fingerprint density at radius 3 is 2.73 bits per heavy atom. The Labute approximate surface area is 88.3 Å². The average molecular weight is 207 g/mol. The van der Waals surface area contributed by atoms with Crippen molar-refractivity contribution in [3.8, 4) is 0 Å². The number of rotatable bonds is 4. The standard InChI is InChI=1S/C11H13NO3/c1-3-15-11(14)8(2)10(13)9-6-4-5-7-12-9/h4-8H,3H2,1-2H3. The third-order valence-corrected chi connectivity index (χ3v) is 1.95. The molecule has 0 aliphatic heterocycles. The van der Waals surface area contributed by atoms with Gasteiger partial charge in [0.2, 0.25) is 0 Å². The number of nitrogens with zero attached hydrogens (tertiary/aromatic N) is 1. The van der Waals surface area contributed by atoms with Gasteiger partial charge in [-0.3, -0.25) is 14.6 Å². The van der Waals surface area contributed by atoms with Crippen LogP contribution in [0.4, 0.5) is 0 Å². The van der Waals surface area contributed by atoms with E-state index in [4.69, 9.17) is 4.74 Å². The number of aromatic nitrogens is 1. The minimum atomic E-state index is -0.792. The molecule has 80 valence electrons. The molecule has 0 N–H and O–H groups in total. The van der Waals surface area contributed by atoms with E-state index in [-0.39, 0.29) is 18.1 Å². The van der Waals surface area contributed by atoms with Crippen LogP contribution in [-0.4, -0.2) is 23.3 Å². The number of pyridine rings is 1. The number of Topliss-reactive ketones (excluding diaryl/α,β-unsaturated/α-hetero) is 1. The molecule has 1 atom stereocenters. The lowest BCUT2D eigenvalue weighted by Gasteiger charge is -2.08. The van der Waals surface area contributed by atoms with Gasteiger partial charge in [-0.1, -0.05) is 6.07 Å². The number of hydrogen-bond donors (Lipinski definition) is 0. The highest BCUT2D eigenvalue weighted by Gasteiger charge is 2.24. The van der Waals surface area contributed by atoms with Crippen LogP contribution in [0, 0.1) is 5.92 Å². The van der Waals surface area contributed by atoms with Crippen LogP contribution in [0.1, 0.15) is 24.3 Å². The zero-order chi connectivity index (χ0) is 11.3. The molecule has 0 aliphatic rings. The third-order valence-electron chi connectivity index (χ3n) is 1.95. The monoisotopic (exact) mass is 207 g/mol. The van der Waals surface area contributed by atoms with Gasteiger partial charge in [0.05, 0.1) is 6.61 Å². The van der Waals surface area contributed by atoms with Crippen molar-refractivity contribution in [2.24, 2.45) is 5.92 Å². The van der Waals surface area contributed by atoms with E-state index >= 15 is 0 Å². The molecule has 0 aliphatic carbocycles. The molecule has 0 aromatic carbocycles. The summed E-state index contributed by atoms with van der Waals surface area (Å²) in [6, 6.07) is 5.00. The molecule has 0 bridgehead atoms. The van der Waals surface area contributed by atoms with Gasteiger partial charge >= 0.3 is 5.97 Å². The second-order valence-electron chi connectivity index (χ2n) is 3.05. The Morgan fingerprint density at radius 1 is 1.47 bits per heavy atom. The van der Waals surface area contributed by atoms with Crippen molar-refractivity contribution in [1.29, 1.82) is 0 Å². The second-order valence-corrected chi connectivity index (χ2v) is 3.05. The van der Waals surface area contributed by atoms with Crippen LogP contribution in [0.2, 0.25) is 0 Å². The molecule has 0 fully saturated rings. The molecule has 1 aromatic heterocycles. The number of hydrogen-bond acceptors (Lipinski definition) is 4. The Morgan fingerprint density at radius 2 is 2.20 bits per heavy atom. The molecular weight excluding hydrogens is 194 g/mol. The quantitative estimate of drug-likeness (QED) is 0.426. The summed E-state index contributed by atoms with van der Waals surface area (Å²) in [6.45, 7) is 3.50. The van der Waals surface area contributed by atoms with Gasteiger partial charge in [-0.25, -0.2) is 0 Å². The van der Waals surface area contributed by atoms with Crippen molar-refractivity contribution in [2.75, 3.05) is 6.61 Å². The van der Waals surface area contributed by atoms with E-state index in [1.165, 1.54) is 13.1 Å². The first-order chi connectivity index (χ1) is 7.16. The van der Waals surface area contributed by atoms with Gasteiger partial charge in [0, 0.05) is 6.20 Å². The highest BCUT2D eigenvalue weighted by molar-refractivity contribution is 6.07. The molecule has 15 heavy (non-hydrogen) atoms. The fourth-order valence-electron chi connectivity index (χ4n) is 1.10. The second kappa shape index (κ2) is 5.24. The highest BCUT2D eigenvalue weighted by Crippen LogP contribution is 2.07. The van der Waals surface area contributed by atoms with Gasteiger partial charge in [-0.2, -0.15) is 0 Å². The van der Waals surface area contributed by atoms with Crippen molar-refractivity contribution in [1.82, 2.24) is 4.98 Å². The third kappa shape index (κ3) is 2.87. The maximum Gasteiger partial charge on any atom is 0.316 e. The smallest absolute Gasteiger partial charge is 0.316 e. The lowest BCUT2D eigenvalue weighted by atomic mass is 10.0. The molecule has 0 amide bonds. The SMILES string of the molecule is CCOC(=O)C(C)C(=O)c1ccccn1. The first-order valence-electron chi connectivity index (χ1n) is 4.78. The molecule has 1 aromatic rings. The molecule has 0 spiro atoms. The molecule has 0 saturated heterocycles. The Bertz CT molecular complexity index is 348. The van der Waals surface area contributed by atoms with Crippen LogP contribution in [-0.2, 0) is 9.53 Å². The van der Waals surface area contributed by atoms with Gasteiger partial charge in [-0.05, 0) is 26.0 Å². The zero-order valence-corrected chi connectivity index (χ0v) is 8.77. The molecule has 4 heteroatoms. The van der Waals surface area contributed by atoms with Gasteiger partial charge in [-0.15, -0.1) is 0 Å². The maximum absolute atomic E-state index is 11.7. The van der Waals surface area contributed by atoms with Crippen molar-refractivity contribution in [3.63, 3.8) is 0 Å². The fourth-order valence-corrected chi connectivity index (χ4v) is 1.10. The van der Waals surface area contributed by atoms with Crippen molar-refractivity contribution < 1.29 is 14.3 Å². The van der Waals surface area contributed by atoms with Crippen LogP contribution in [0.5, 0.6) is 0 Å². The summed E-state index contributed by atoms with van der Waals surface area (Å²) < 4.78 is 4.76. The number of ether oxygens (including phenoxy) is 1. The van der Waals surface area contributed by atoms with E-state index < -0.39 is 11.9 Å². The lowest BCUT2D eigenvalue weighted by Crippen LogP contribution is -2.24. The van der Waals surface area contributed by atoms with Crippen molar-refractivity contribution >= 4 is 11.8 Å². The molecule has 1 heterocycles. The summed E-state index contributed by atoms with van der Waals surface area (Å²) in [5, 5.41) is 0. The Kier molecular flexibility index (Phi) is 3.97. The molecule has 0 saturated carbocycles. The molecule has 4 nitrogen and oxygen atoms in total. The number of carbonyl (C=O) groups is 2. The lowest BCUT2D eigenvalue weighted by molar-refractivity contribution is -0.145. The maximum atomic E-state index is 11.7. The first-order valence-corrected chi connectivity index (χ1v) is 4.78. The number of carbonyl (C=O) groups excluding carboxylic acids is 2. The molecule has 0 radical (unpaired) electrons. The van der Waals surface area contributed by atoms with E-state index in [9.17, 15) is 9.59 Å². The van der Waals surface area contributed by atoms with Gasteiger partial charge in [0.15, 0.2) is 5.78 Å². The largest absolute Gasteiger partial charge is 0.465 e. The number of ketones is 1.